The van der Waals surface area contributed by atoms with Crippen molar-refractivity contribution in [3.63, 3.8) is 0 Å². The van der Waals surface area contributed by atoms with Gasteiger partial charge in [-0.3, -0.25) is 4.98 Å². The zero-order valence-corrected chi connectivity index (χ0v) is 16.2. The van der Waals surface area contributed by atoms with Crippen molar-refractivity contribution in [3.8, 4) is 5.75 Å². The number of nitrogens with one attached hydrogen (secondary N) is 2. The van der Waals surface area contributed by atoms with Gasteiger partial charge in [0, 0.05) is 18.3 Å². The number of carbonyl (C=O) groups is 1. The van der Waals surface area contributed by atoms with Crippen LogP contribution in [0.25, 0.3) is 0 Å². The van der Waals surface area contributed by atoms with Crippen LogP contribution in [0, 0.1) is 11.6 Å². The molecule has 0 spiro atoms. The molecule has 3 aromatic rings. The Morgan fingerprint density at radius 2 is 1.77 bits per heavy atom. The van der Waals surface area contributed by atoms with E-state index in [4.69, 9.17) is 4.74 Å². The summed E-state index contributed by atoms with van der Waals surface area (Å²) < 4.78 is 33.0. The normalized spacial score (nSPS) is 12.7. The molecule has 2 atom stereocenters. The van der Waals surface area contributed by atoms with Gasteiger partial charge in [-0.05, 0) is 30.3 Å². The van der Waals surface area contributed by atoms with E-state index in [1.807, 2.05) is 0 Å². The summed E-state index contributed by atoms with van der Waals surface area (Å²) in [6, 6.07) is 14.4. The first kappa shape index (κ1) is 21.2. The third-order valence-corrected chi connectivity index (χ3v) is 4.50. The number of methoxy groups -OCH3 is 1. The Morgan fingerprint density at radius 1 is 1.07 bits per heavy atom. The molecule has 2 aromatic carbocycles. The zero-order valence-electron chi connectivity index (χ0n) is 16.2. The van der Waals surface area contributed by atoms with Gasteiger partial charge >= 0.3 is 6.03 Å². The second-order valence-corrected chi connectivity index (χ2v) is 6.44. The van der Waals surface area contributed by atoms with Crippen LogP contribution in [0.15, 0.2) is 66.9 Å². The van der Waals surface area contributed by atoms with Crippen molar-refractivity contribution in [2.24, 2.45) is 0 Å². The molecular formula is C22H21F2N3O3. The van der Waals surface area contributed by atoms with Crippen LogP contribution in [0.3, 0.4) is 0 Å². The van der Waals surface area contributed by atoms with Crippen LogP contribution in [0.4, 0.5) is 13.6 Å². The fourth-order valence-electron chi connectivity index (χ4n) is 3.07. The average Bonchev–Trinajstić information content (AvgIpc) is 2.76. The van der Waals surface area contributed by atoms with E-state index in [0.29, 0.717) is 17.0 Å². The highest BCUT2D eigenvalue weighted by Crippen LogP contribution is 2.29. The van der Waals surface area contributed by atoms with E-state index in [9.17, 15) is 18.7 Å². The van der Waals surface area contributed by atoms with Crippen LogP contribution in [-0.2, 0) is 0 Å². The van der Waals surface area contributed by atoms with Crippen molar-refractivity contribution in [2.45, 2.75) is 12.1 Å². The first-order valence-electron chi connectivity index (χ1n) is 9.21. The number of benzene rings is 2. The Morgan fingerprint density at radius 3 is 2.43 bits per heavy atom. The largest absolute Gasteiger partial charge is 0.496 e. The maximum Gasteiger partial charge on any atom is 0.315 e. The number of para-hydroxylation sites is 1. The van der Waals surface area contributed by atoms with Crippen molar-refractivity contribution in [1.82, 2.24) is 15.6 Å². The number of urea groups is 1. The number of aliphatic hydroxyl groups excluding tert-OH is 1. The summed E-state index contributed by atoms with van der Waals surface area (Å²) in [7, 11) is 1.52. The summed E-state index contributed by atoms with van der Waals surface area (Å²) >= 11 is 0. The minimum Gasteiger partial charge on any atom is -0.496 e. The van der Waals surface area contributed by atoms with Gasteiger partial charge in [-0.1, -0.05) is 30.3 Å². The highest BCUT2D eigenvalue weighted by atomic mass is 19.1. The quantitative estimate of drug-likeness (QED) is 0.554. The minimum absolute atomic E-state index is 0.384. The number of halogens is 2. The maximum atomic E-state index is 13.8. The average molecular weight is 413 g/mol. The van der Waals surface area contributed by atoms with Crippen LogP contribution < -0.4 is 15.4 Å². The van der Waals surface area contributed by atoms with E-state index in [-0.39, 0.29) is 6.54 Å². The summed E-state index contributed by atoms with van der Waals surface area (Å²) in [6.07, 6.45) is 0.0544. The SMILES string of the molecule is COc1ccccc1C(NC(=O)NCC(O)c1c(F)cccc1F)c1ccccn1. The van der Waals surface area contributed by atoms with Gasteiger partial charge in [-0.15, -0.1) is 0 Å². The molecule has 30 heavy (non-hydrogen) atoms. The number of hydrogen-bond donors (Lipinski definition) is 3. The second kappa shape index (κ2) is 9.80. The van der Waals surface area contributed by atoms with Gasteiger partial charge in [0.05, 0.1) is 18.4 Å². The van der Waals surface area contributed by atoms with E-state index in [1.165, 1.54) is 13.2 Å². The molecule has 3 N–H and O–H groups in total. The predicted octanol–water partition coefficient (Wildman–Crippen LogP) is 3.49. The molecule has 0 bridgehead atoms. The number of rotatable bonds is 7. The molecule has 0 fully saturated rings. The fourth-order valence-corrected chi connectivity index (χ4v) is 3.07. The highest BCUT2D eigenvalue weighted by Gasteiger charge is 2.23. The number of amides is 2. The summed E-state index contributed by atoms with van der Waals surface area (Å²) in [5, 5.41) is 15.3. The van der Waals surface area contributed by atoms with Gasteiger partial charge in [0.2, 0.25) is 0 Å². The third-order valence-electron chi connectivity index (χ3n) is 4.50. The molecule has 0 aliphatic rings. The topological polar surface area (TPSA) is 83.5 Å². The molecule has 1 aromatic heterocycles. The van der Waals surface area contributed by atoms with Gasteiger partial charge in [0.25, 0.3) is 0 Å². The number of nitrogens with zero attached hydrogens (tertiary/aromatic N) is 1. The number of aliphatic hydroxyl groups is 1. The molecule has 0 saturated carbocycles. The van der Waals surface area contributed by atoms with E-state index < -0.39 is 35.4 Å². The number of pyridine rings is 1. The van der Waals surface area contributed by atoms with Crippen LogP contribution in [0.5, 0.6) is 5.75 Å². The molecule has 8 heteroatoms. The van der Waals surface area contributed by atoms with Crippen LogP contribution in [0.2, 0.25) is 0 Å². The Bertz CT molecular complexity index is 982. The summed E-state index contributed by atoms with van der Waals surface area (Å²) in [5.74, 6) is -1.21. The smallest absolute Gasteiger partial charge is 0.315 e. The summed E-state index contributed by atoms with van der Waals surface area (Å²) in [5.41, 5.74) is 0.746. The number of hydrogen-bond acceptors (Lipinski definition) is 4. The lowest BCUT2D eigenvalue weighted by Gasteiger charge is -2.22. The van der Waals surface area contributed by atoms with Crippen molar-refractivity contribution in [3.05, 3.63) is 95.3 Å². The van der Waals surface area contributed by atoms with Crippen molar-refractivity contribution >= 4 is 6.03 Å². The Kier molecular flexibility index (Phi) is 6.92. The maximum absolute atomic E-state index is 13.8. The molecule has 3 rings (SSSR count). The lowest BCUT2D eigenvalue weighted by Crippen LogP contribution is -2.40. The number of aromatic nitrogens is 1. The van der Waals surface area contributed by atoms with Gasteiger partial charge < -0.3 is 20.5 Å². The standard InChI is InChI=1S/C22H21F2N3O3/c1-30-19-11-3-2-7-14(19)21(17-10-4-5-12-25-17)27-22(29)26-13-18(28)20-15(23)8-6-9-16(20)24/h2-12,18,21,28H,13H2,1H3,(H2,26,27,29). The van der Waals surface area contributed by atoms with E-state index in [2.05, 4.69) is 15.6 Å². The first-order chi connectivity index (χ1) is 14.5. The third kappa shape index (κ3) is 4.90. The van der Waals surface area contributed by atoms with Crippen LogP contribution in [-0.4, -0.2) is 29.8 Å². The predicted molar refractivity (Wildman–Crippen MR) is 107 cm³/mol. The zero-order chi connectivity index (χ0) is 21.5. The van der Waals surface area contributed by atoms with Crippen molar-refractivity contribution in [1.29, 1.82) is 0 Å². The van der Waals surface area contributed by atoms with E-state index in [1.54, 1.807) is 48.7 Å². The molecule has 0 aliphatic carbocycles. The minimum atomic E-state index is -1.54. The van der Waals surface area contributed by atoms with Gasteiger partial charge in [-0.25, -0.2) is 13.6 Å². The highest BCUT2D eigenvalue weighted by molar-refractivity contribution is 5.75. The Balaban J connectivity index is 1.76. The molecule has 1 heterocycles. The second-order valence-electron chi connectivity index (χ2n) is 6.44. The van der Waals surface area contributed by atoms with E-state index in [0.717, 1.165) is 12.1 Å². The molecule has 6 nitrogen and oxygen atoms in total. The molecule has 2 unspecified atom stereocenters. The Hall–Kier alpha value is -3.52. The van der Waals surface area contributed by atoms with E-state index >= 15 is 0 Å². The number of carbonyl (C=O) groups excluding carboxylic acids is 1. The summed E-state index contributed by atoms with van der Waals surface area (Å²) in [6.45, 7) is -0.384. The number of ether oxygens (including phenoxy) is 1. The molecule has 0 radical (unpaired) electrons. The van der Waals surface area contributed by atoms with Crippen molar-refractivity contribution < 1.29 is 23.4 Å². The lowest BCUT2D eigenvalue weighted by atomic mass is 10.0. The monoisotopic (exact) mass is 413 g/mol. The van der Waals surface area contributed by atoms with Crippen molar-refractivity contribution in [2.75, 3.05) is 13.7 Å². The summed E-state index contributed by atoms with van der Waals surface area (Å²) in [4.78, 5) is 16.8. The van der Waals surface area contributed by atoms with Gasteiger partial charge in [0.15, 0.2) is 0 Å². The van der Waals surface area contributed by atoms with Crippen LogP contribution in [0.1, 0.15) is 29.0 Å². The molecule has 0 aliphatic heterocycles. The molecular weight excluding hydrogens is 392 g/mol. The Labute approximate surface area is 172 Å². The molecule has 0 saturated heterocycles. The fraction of sp³-hybridized carbons (Fsp3) is 0.182. The van der Waals surface area contributed by atoms with Gasteiger partial charge in [0.1, 0.15) is 29.5 Å². The first-order valence-corrected chi connectivity index (χ1v) is 9.21. The molecule has 2 amide bonds. The van der Waals surface area contributed by atoms with Gasteiger partial charge in [-0.2, -0.15) is 0 Å². The van der Waals surface area contributed by atoms with Crippen LogP contribution >= 0.6 is 0 Å². The molecule has 156 valence electrons. The lowest BCUT2D eigenvalue weighted by molar-refractivity contribution is 0.164.